The van der Waals surface area contributed by atoms with Gasteiger partial charge in [-0.25, -0.2) is 4.79 Å². The summed E-state index contributed by atoms with van der Waals surface area (Å²) in [5.74, 6) is 5.39. The van der Waals surface area contributed by atoms with E-state index in [1.54, 1.807) is 20.2 Å². The van der Waals surface area contributed by atoms with Crippen LogP contribution >= 0.6 is 0 Å². The number of carbonyl (C=O) groups is 1. The molecule has 4 heteroatoms. The number of anilines is 1. The van der Waals surface area contributed by atoms with E-state index in [4.69, 9.17) is 5.11 Å². The van der Waals surface area contributed by atoms with Crippen LogP contribution in [0.2, 0.25) is 0 Å². The van der Waals surface area contributed by atoms with Crippen molar-refractivity contribution in [2.24, 2.45) is 0 Å². The number of amides is 2. The van der Waals surface area contributed by atoms with Crippen LogP contribution in [0.25, 0.3) is 0 Å². The standard InChI is InChI=1S/C13H16N2O2/c1-10-6-7-12(14-13(17)15(2)3)11(9-10)5-4-8-16/h6-7,9,16H,8H2,1-3H3,(H,14,17). The lowest BCUT2D eigenvalue weighted by atomic mass is 10.1. The highest BCUT2D eigenvalue weighted by Gasteiger charge is 2.07. The minimum absolute atomic E-state index is 0.199. The van der Waals surface area contributed by atoms with E-state index in [9.17, 15) is 4.79 Å². The van der Waals surface area contributed by atoms with E-state index in [1.807, 2.05) is 19.1 Å². The fourth-order valence-corrected chi connectivity index (χ4v) is 1.23. The van der Waals surface area contributed by atoms with Gasteiger partial charge in [0, 0.05) is 19.7 Å². The molecule has 0 aromatic heterocycles. The normalized spacial score (nSPS) is 9.18. The number of nitrogens with one attached hydrogen (secondary N) is 1. The highest BCUT2D eigenvalue weighted by Crippen LogP contribution is 2.16. The van der Waals surface area contributed by atoms with Gasteiger partial charge >= 0.3 is 6.03 Å². The van der Waals surface area contributed by atoms with Crippen molar-refractivity contribution in [1.29, 1.82) is 0 Å². The van der Waals surface area contributed by atoms with E-state index in [2.05, 4.69) is 17.2 Å². The molecule has 90 valence electrons. The molecule has 1 aromatic carbocycles. The molecule has 0 aliphatic carbocycles. The average Bonchev–Trinajstić information content (AvgIpc) is 2.29. The van der Waals surface area contributed by atoms with Crippen molar-refractivity contribution in [2.45, 2.75) is 6.92 Å². The summed E-state index contributed by atoms with van der Waals surface area (Å²) in [6.45, 7) is 1.75. The Bertz CT molecular complexity index is 470. The Morgan fingerprint density at radius 1 is 1.47 bits per heavy atom. The number of carbonyl (C=O) groups excluding carboxylic acids is 1. The molecule has 0 unspecified atom stereocenters. The summed E-state index contributed by atoms with van der Waals surface area (Å²) in [5, 5.41) is 11.4. The maximum Gasteiger partial charge on any atom is 0.321 e. The average molecular weight is 232 g/mol. The van der Waals surface area contributed by atoms with Gasteiger partial charge in [0.2, 0.25) is 0 Å². The van der Waals surface area contributed by atoms with Crippen molar-refractivity contribution >= 4 is 11.7 Å². The molecule has 1 rings (SSSR count). The second-order valence-electron chi connectivity index (χ2n) is 3.83. The highest BCUT2D eigenvalue weighted by molar-refractivity contribution is 5.90. The molecule has 0 bridgehead atoms. The second-order valence-corrected chi connectivity index (χ2v) is 3.83. The first kappa shape index (κ1) is 13.1. The first-order valence-corrected chi connectivity index (χ1v) is 5.23. The quantitative estimate of drug-likeness (QED) is 0.720. The van der Waals surface area contributed by atoms with E-state index in [-0.39, 0.29) is 12.6 Å². The number of hydrogen-bond donors (Lipinski definition) is 2. The van der Waals surface area contributed by atoms with E-state index in [1.165, 1.54) is 4.90 Å². The Kier molecular flexibility index (Phi) is 4.56. The number of aliphatic hydroxyl groups is 1. The van der Waals surface area contributed by atoms with Crippen LogP contribution in [0, 0.1) is 18.8 Å². The Morgan fingerprint density at radius 2 is 2.18 bits per heavy atom. The summed E-state index contributed by atoms with van der Waals surface area (Å²) in [4.78, 5) is 13.0. The molecule has 0 fully saturated rings. The zero-order chi connectivity index (χ0) is 12.8. The number of benzene rings is 1. The molecule has 0 radical (unpaired) electrons. The monoisotopic (exact) mass is 232 g/mol. The summed E-state index contributed by atoms with van der Waals surface area (Å²) in [6.07, 6.45) is 0. The van der Waals surface area contributed by atoms with Crippen molar-refractivity contribution in [3.05, 3.63) is 29.3 Å². The van der Waals surface area contributed by atoms with Crippen LogP contribution in [0.3, 0.4) is 0 Å². The molecule has 2 N–H and O–H groups in total. The van der Waals surface area contributed by atoms with Crippen molar-refractivity contribution in [3.8, 4) is 11.8 Å². The third-order valence-electron chi connectivity index (χ3n) is 2.12. The lowest BCUT2D eigenvalue weighted by molar-refractivity contribution is 0.230. The largest absolute Gasteiger partial charge is 0.384 e. The molecule has 0 heterocycles. The molecular formula is C13H16N2O2. The molecule has 0 saturated heterocycles. The summed E-state index contributed by atoms with van der Waals surface area (Å²) in [6, 6.07) is 5.36. The summed E-state index contributed by atoms with van der Waals surface area (Å²) in [7, 11) is 3.34. The molecule has 17 heavy (non-hydrogen) atoms. The van der Waals surface area contributed by atoms with Crippen molar-refractivity contribution in [3.63, 3.8) is 0 Å². The zero-order valence-corrected chi connectivity index (χ0v) is 10.2. The van der Waals surface area contributed by atoms with Gasteiger partial charge < -0.3 is 15.3 Å². The highest BCUT2D eigenvalue weighted by atomic mass is 16.2. The van der Waals surface area contributed by atoms with E-state index < -0.39 is 0 Å². The van der Waals surface area contributed by atoms with Crippen molar-refractivity contribution in [1.82, 2.24) is 4.90 Å². The van der Waals surface area contributed by atoms with Crippen molar-refractivity contribution in [2.75, 3.05) is 26.0 Å². The second kappa shape index (κ2) is 5.92. The van der Waals surface area contributed by atoms with Crippen LogP contribution in [0.5, 0.6) is 0 Å². The Hall–Kier alpha value is -1.99. The minimum Gasteiger partial charge on any atom is -0.384 e. The van der Waals surface area contributed by atoms with Crippen LogP contribution in [0.1, 0.15) is 11.1 Å². The van der Waals surface area contributed by atoms with E-state index >= 15 is 0 Å². The van der Waals surface area contributed by atoms with Gasteiger partial charge in [0.05, 0.1) is 5.69 Å². The molecule has 0 spiro atoms. The zero-order valence-electron chi connectivity index (χ0n) is 10.2. The summed E-state index contributed by atoms with van der Waals surface area (Å²) >= 11 is 0. The summed E-state index contributed by atoms with van der Waals surface area (Å²) < 4.78 is 0. The van der Waals surface area contributed by atoms with Crippen LogP contribution in [-0.2, 0) is 0 Å². The van der Waals surface area contributed by atoms with Crippen molar-refractivity contribution < 1.29 is 9.90 Å². The van der Waals surface area contributed by atoms with Gasteiger partial charge in [-0.15, -0.1) is 0 Å². The fourth-order valence-electron chi connectivity index (χ4n) is 1.23. The number of aryl methyl sites for hydroxylation is 1. The predicted molar refractivity (Wildman–Crippen MR) is 67.8 cm³/mol. The lowest BCUT2D eigenvalue weighted by Gasteiger charge is -2.13. The van der Waals surface area contributed by atoms with Crippen LogP contribution in [-0.4, -0.2) is 36.7 Å². The molecule has 4 nitrogen and oxygen atoms in total. The topological polar surface area (TPSA) is 52.6 Å². The third-order valence-corrected chi connectivity index (χ3v) is 2.12. The van der Waals surface area contributed by atoms with Gasteiger partial charge in [-0.3, -0.25) is 0 Å². The fraction of sp³-hybridized carbons (Fsp3) is 0.308. The SMILES string of the molecule is Cc1ccc(NC(=O)N(C)C)c(C#CCO)c1. The van der Waals surface area contributed by atoms with Crippen LogP contribution in [0.15, 0.2) is 18.2 Å². The van der Waals surface area contributed by atoms with Crippen LogP contribution in [0.4, 0.5) is 10.5 Å². The first-order valence-electron chi connectivity index (χ1n) is 5.23. The van der Waals surface area contributed by atoms with Gasteiger partial charge in [0.25, 0.3) is 0 Å². The van der Waals surface area contributed by atoms with Crippen LogP contribution < -0.4 is 5.32 Å². The summed E-state index contributed by atoms with van der Waals surface area (Å²) in [5.41, 5.74) is 2.40. The number of aliphatic hydroxyl groups excluding tert-OH is 1. The Labute approximate surface area is 101 Å². The Balaban J connectivity index is 3.02. The molecule has 0 atom stereocenters. The maximum absolute atomic E-state index is 11.5. The van der Waals surface area contributed by atoms with Gasteiger partial charge in [-0.05, 0) is 24.6 Å². The maximum atomic E-state index is 11.5. The van der Waals surface area contributed by atoms with Gasteiger partial charge in [-0.2, -0.15) is 0 Å². The Morgan fingerprint density at radius 3 is 2.76 bits per heavy atom. The lowest BCUT2D eigenvalue weighted by Crippen LogP contribution is -2.27. The number of urea groups is 1. The number of rotatable bonds is 1. The van der Waals surface area contributed by atoms with E-state index in [0.29, 0.717) is 11.3 Å². The predicted octanol–water partition coefficient (Wildman–Crippen LogP) is 1.43. The molecule has 0 saturated carbocycles. The van der Waals surface area contributed by atoms with Gasteiger partial charge in [0.1, 0.15) is 6.61 Å². The van der Waals surface area contributed by atoms with Gasteiger partial charge in [0.15, 0.2) is 0 Å². The molecule has 1 aromatic rings. The number of hydrogen-bond acceptors (Lipinski definition) is 2. The van der Waals surface area contributed by atoms with Gasteiger partial charge in [-0.1, -0.05) is 17.9 Å². The van der Waals surface area contributed by atoms with E-state index in [0.717, 1.165) is 5.56 Å². The molecule has 2 amide bonds. The molecule has 0 aliphatic rings. The molecule has 0 aliphatic heterocycles. The smallest absolute Gasteiger partial charge is 0.321 e. The number of nitrogens with zero attached hydrogens (tertiary/aromatic N) is 1. The first-order chi connectivity index (χ1) is 8.04. The third kappa shape index (κ3) is 3.82. The minimum atomic E-state index is -0.207. The molecular weight excluding hydrogens is 216 g/mol.